The number of hydrogen-bond donors (Lipinski definition) is 1. The lowest BCUT2D eigenvalue weighted by atomic mass is 10.1. The van der Waals surface area contributed by atoms with Crippen LogP contribution in [-0.2, 0) is 9.84 Å². The van der Waals surface area contributed by atoms with Gasteiger partial charge >= 0.3 is 0 Å². The van der Waals surface area contributed by atoms with Crippen LogP contribution in [0.25, 0.3) is 11.0 Å². The van der Waals surface area contributed by atoms with E-state index in [1.54, 1.807) is 12.1 Å². The fourth-order valence-electron chi connectivity index (χ4n) is 3.21. The molecule has 1 atom stereocenters. The van der Waals surface area contributed by atoms with E-state index in [-0.39, 0.29) is 29.0 Å². The Morgan fingerprint density at radius 1 is 1.33 bits per heavy atom. The van der Waals surface area contributed by atoms with E-state index >= 15 is 0 Å². The Bertz CT molecular complexity index is 907. The zero-order valence-electron chi connectivity index (χ0n) is 14.5. The van der Waals surface area contributed by atoms with Crippen LogP contribution in [0.5, 0.6) is 0 Å². The number of benzene rings is 1. The number of rotatable bonds is 2. The van der Waals surface area contributed by atoms with E-state index in [0.717, 1.165) is 16.9 Å². The molecule has 0 aliphatic carbocycles. The summed E-state index contributed by atoms with van der Waals surface area (Å²) in [5, 5.41) is 2.93. The highest BCUT2D eigenvalue weighted by Gasteiger charge is 2.31. The molecule has 1 aliphatic heterocycles. The smallest absolute Gasteiger partial charge is 0.251 e. The van der Waals surface area contributed by atoms with Crippen LogP contribution >= 0.6 is 0 Å². The molecule has 2 aromatic rings. The average molecular weight is 349 g/mol. The Hall–Kier alpha value is -1.89. The Kier molecular flexibility index (Phi) is 3.94. The van der Waals surface area contributed by atoms with Crippen LogP contribution in [0.1, 0.15) is 49.4 Å². The second-order valence-electron chi connectivity index (χ2n) is 7.49. The van der Waals surface area contributed by atoms with Gasteiger partial charge in [0.2, 0.25) is 0 Å². The second-order valence-corrected chi connectivity index (χ2v) is 9.72. The number of aryl methyl sites for hydroxylation is 1. The van der Waals surface area contributed by atoms with Gasteiger partial charge < -0.3 is 9.88 Å². The van der Waals surface area contributed by atoms with Gasteiger partial charge in [-0.1, -0.05) is 0 Å². The highest BCUT2D eigenvalue weighted by atomic mass is 32.2. The molecule has 1 aromatic carbocycles. The third kappa shape index (κ3) is 3.31. The van der Waals surface area contributed by atoms with Crippen LogP contribution in [0.3, 0.4) is 0 Å². The van der Waals surface area contributed by atoms with Crippen LogP contribution in [-0.4, -0.2) is 40.9 Å². The topological polar surface area (TPSA) is 81.1 Å². The summed E-state index contributed by atoms with van der Waals surface area (Å²) < 4.78 is 25.5. The maximum absolute atomic E-state index is 12.3. The van der Waals surface area contributed by atoms with E-state index in [2.05, 4.69) is 10.3 Å². The zero-order chi connectivity index (χ0) is 17.7. The number of nitrogens with one attached hydrogen (secondary N) is 1. The summed E-state index contributed by atoms with van der Waals surface area (Å²) in [5.41, 5.74) is 1.85. The zero-order valence-corrected chi connectivity index (χ0v) is 15.3. The van der Waals surface area contributed by atoms with Crippen molar-refractivity contribution in [2.24, 2.45) is 0 Å². The predicted molar refractivity (Wildman–Crippen MR) is 94.0 cm³/mol. The molecule has 1 fully saturated rings. The first-order chi connectivity index (χ1) is 11.1. The monoisotopic (exact) mass is 349 g/mol. The SMILES string of the molecule is Cc1nc2cc(C(=O)NC(C)(C)C)ccc2n1[C@H]1CCS(=O)(=O)C1. The van der Waals surface area contributed by atoms with Gasteiger partial charge in [0.05, 0.1) is 28.6 Å². The number of imidazole rings is 1. The van der Waals surface area contributed by atoms with Gasteiger partial charge in [-0.3, -0.25) is 4.79 Å². The minimum absolute atomic E-state index is 0.0748. The summed E-state index contributed by atoms with van der Waals surface area (Å²) in [6, 6.07) is 5.32. The van der Waals surface area contributed by atoms with E-state index < -0.39 is 9.84 Å². The summed E-state index contributed by atoms with van der Waals surface area (Å²) >= 11 is 0. The summed E-state index contributed by atoms with van der Waals surface area (Å²) in [7, 11) is -2.96. The fourth-order valence-corrected chi connectivity index (χ4v) is 4.91. The van der Waals surface area contributed by atoms with Gasteiger partial charge in [-0.15, -0.1) is 0 Å². The number of nitrogens with zero attached hydrogens (tertiary/aromatic N) is 2. The highest BCUT2D eigenvalue weighted by Crippen LogP contribution is 2.29. The normalized spacial score (nSPS) is 20.4. The maximum atomic E-state index is 12.3. The lowest BCUT2D eigenvalue weighted by molar-refractivity contribution is 0.0919. The standard InChI is InChI=1S/C17H23N3O3S/c1-11-18-14-9-12(16(21)19-17(2,3)4)5-6-15(14)20(11)13-7-8-24(22,23)10-13/h5-6,9,13H,7-8,10H2,1-4H3,(H,19,21)/t13-/m0/s1. The number of aromatic nitrogens is 2. The van der Waals surface area contributed by atoms with Gasteiger partial charge in [0.15, 0.2) is 9.84 Å². The minimum atomic E-state index is -2.96. The minimum Gasteiger partial charge on any atom is -0.347 e. The first-order valence-corrected chi connectivity index (χ1v) is 9.89. The van der Waals surface area contributed by atoms with Gasteiger partial charge in [-0.25, -0.2) is 13.4 Å². The van der Waals surface area contributed by atoms with Crippen molar-refractivity contribution in [1.29, 1.82) is 0 Å². The molecule has 0 spiro atoms. The van der Waals surface area contributed by atoms with E-state index in [1.807, 2.05) is 38.3 Å². The summed E-state index contributed by atoms with van der Waals surface area (Å²) in [5.74, 6) is 1.02. The molecule has 1 aromatic heterocycles. The van der Waals surface area contributed by atoms with Gasteiger partial charge in [-0.05, 0) is 52.3 Å². The average Bonchev–Trinajstić information content (AvgIpc) is 2.94. The number of sulfone groups is 1. The highest BCUT2D eigenvalue weighted by molar-refractivity contribution is 7.91. The molecule has 0 saturated carbocycles. The number of fused-ring (bicyclic) bond motifs is 1. The third-order valence-corrected chi connectivity index (χ3v) is 5.94. The van der Waals surface area contributed by atoms with Crippen molar-refractivity contribution in [1.82, 2.24) is 14.9 Å². The Balaban J connectivity index is 1.97. The lowest BCUT2D eigenvalue weighted by Gasteiger charge is -2.20. The molecule has 0 radical (unpaired) electrons. The van der Waals surface area contributed by atoms with Crippen LogP contribution < -0.4 is 5.32 Å². The van der Waals surface area contributed by atoms with Gasteiger partial charge in [0.25, 0.3) is 5.91 Å². The first kappa shape index (κ1) is 17.0. The maximum Gasteiger partial charge on any atom is 0.251 e. The summed E-state index contributed by atoms with van der Waals surface area (Å²) in [4.78, 5) is 16.8. The largest absolute Gasteiger partial charge is 0.347 e. The first-order valence-electron chi connectivity index (χ1n) is 8.07. The van der Waals surface area contributed by atoms with Crippen LogP contribution in [0, 0.1) is 6.92 Å². The predicted octanol–water partition coefficient (Wildman–Crippen LogP) is 2.23. The number of hydrogen-bond acceptors (Lipinski definition) is 4. The molecule has 1 aliphatic rings. The van der Waals surface area contributed by atoms with E-state index in [9.17, 15) is 13.2 Å². The van der Waals surface area contributed by atoms with Crippen molar-refractivity contribution < 1.29 is 13.2 Å². The van der Waals surface area contributed by atoms with Crippen molar-refractivity contribution in [2.45, 2.75) is 45.7 Å². The third-order valence-electron chi connectivity index (χ3n) is 4.19. The molecule has 1 saturated heterocycles. The lowest BCUT2D eigenvalue weighted by Crippen LogP contribution is -2.40. The molecule has 3 rings (SSSR count). The molecule has 0 bridgehead atoms. The Morgan fingerprint density at radius 2 is 2.04 bits per heavy atom. The molecule has 1 N–H and O–H groups in total. The van der Waals surface area contributed by atoms with E-state index in [1.165, 1.54) is 0 Å². The molecule has 130 valence electrons. The fraction of sp³-hybridized carbons (Fsp3) is 0.529. The van der Waals surface area contributed by atoms with Gasteiger partial charge in [-0.2, -0.15) is 0 Å². The molecule has 0 unspecified atom stereocenters. The van der Waals surface area contributed by atoms with E-state index in [0.29, 0.717) is 12.0 Å². The van der Waals surface area contributed by atoms with Crippen LogP contribution in [0.2, 0.25) is 0 Å². The second kappa shape index (κ2) is 5.58. The molecule has 2 heterocycles. The Labute approximate surface area is 142 Å². The van der Waals surface area contributed by atoms with Crippen LogP contribution in [0.15, 0.2) is 18.2 Å². The van der Waals surface area contributed by atoms with Crippen molar-refractivity contribution in [3.8, 4) is 0 Å². The van der Waals surface area contributed by atoms with Crippen LogP contribution in [0.4, 0.5) is 0 Å². The summed E-state index contributed by atoms with van der Waals surface area (Å²) in [6.45, 7) is 7.67. The van der Waals surface area contributed by atoms with Crippen molar-refractivity contribution in [3.63, 3.8) is 0 Å². The quantitative estimate of drug-likeness (QED) is 0.901. The number of carbonyl (C=O) groups is 1. The molecule has 1 amide bonds. The molecular formula is C17H23N3O3S. The van der Waals surface area contributed by atoms with Crippen molar-refractivity contribution in [3.05, 3.63) is 29.6 Å². The molecule has 24 heavy (non-hydrogen) atoms. The molecular weight excluding hydrogens is 326 g/mol. The van der Waals surface area contributed by atoms with Gasteiger partial charge in [0, 0.05) is 11.1 Å². The molecule has 6 nitrogen and oxygen atoms in total. The Morgan fingerprint density at radius 3 is 2.62 bits per heavy atom. The van der Waals surface area contributed by atoms with Crippen molar-refractivity contribution >= 4 is 26.8 Å². The number of amides is 1. The van der Waals surface area contributed by atoms with Gasteiger partial charge in [0.1, 0.15) is 5.82 Å². The summed E-state index contributed by atoms with van der Waals surface area (Å²) in [6.07, 6.45) is 0.612. The van der Waals surface area contributed by atoms with E-state index in [4.69, 9.17) is 0 Å². The molecule has 7 heteroatoms. The number of carbonyl (C=O) groups excluding carboxylic acids is 1. The van der Waals surface area contributed by atoms with Crippen molar-refractivity contribution in [2.75, 3.05) is 11.5 Å².